The van der Waals surface area contributed by atoms with Gasteiger partial charge >= 0.3 is 0 Å². The second-order valence-corrected chi connectivity index (χ2v) is 12.6. The third kappa shape index (κ3) is 4.68. The Morgan fingerprint density at radius 2 is 0.958 bits per heavy atom. The van der Waals surface area contributed by atoms with Gasteiger partial charge in [0.15, 0.2) is 0 Å². The smallest absolute Gasteiger partial charge is 0.114 e. The van der Waals surface area contributed by atoms with E-state index in [0.29, 0.717) is 0 Å². The number of benzene rings is 8. The Labute approximate surface area is 280 Å². The van der Waals surface area contributed by atoms with Gasteiger partial charge in [-0.15, -0.1) is 0 Å². The molecule has 0 amide bonds. The van der Waals surface area contributed by atoms with Gasteiger partial charge in [-0.1, -0.05) is 140 Å². The van der Waals surface area contributed by atoms with Crippen LogP contribution in [-0.4, -0.2) is 9.55 Å². The van der Waals surface area contributed by atoms with E-state index >= 15 is 0 Å². The topological polar surface area (TPSA) is 17.8 Å². The van der Waals surface area contributed by atoms with Crippen LogP contribution in [0.15, 0.2) is 164 Å². The monoisotopic (exact) mass is 614 g/mol. The summed E-state index contributed by atoms with van der Waals surface area (Å²) in [7, 11) is 0. The fourth-order valence-electron chi connectivity index (χ4n) is 7.48. The van der Waals surface area contributed by atoms with Gasteiger partial charge in [-0.2, -0.15) is 0 Å². The maximum Gasteiger partial charge on any atom is 0.114 e. The largest absolute Gasteiger partial charge is 0.296 e. The first-order valence-electron chi connectivity index (χ1n) is 16.9. The minimum atomic E-state index is 0.941. The van der Waals surface area contributed by atoms with E-state index in [1.54, 1.807) is 0 Å². The first-order valence-corrected chi connectivity index (χ1v) is 16.9. The lowest BCUT2D eigenvalue weighted by Gasteiger charge is -2.18. The predicted molar refractivity (Wildman–Crippen MR) is 204 cm³/mol. The van der Waals surface area contributed by atoms with Gasteiger partial charge in [-0.25, -0.2) is 4.98 Å². The molecule has 0 N–H and O–H groups in total. The van der Waals surface area contributed by atoms with Gasteiger partial charge in [0.25, 0.3) is 0 Å². The van der Waals surface area contributed by atoms with Crippen LogP contribution >= 0.6 is 0 Å². The molecule has 0 spiro atoms. The Bertz CT molecular complexity index is 2550. The molecular formula is C46H34N2. The lowest BCUT2D eigenvalue weighted by molar-refractivity contribution is 0.818. The first kappa shape index (κ1) is 28.3. The van der Waals surface area contributed by atoms with E-state index in [-0.39, 0.29) is 0 Å². The third-order valence-electron chi connectivity index (χ3n) is 9.71. The molecule has 2 nitrogen and oxygen atoms in total. The highest BCUT2D eigenvalue weighted by molar-refractivity contribution is 6.21. The Morgan fingerprint density at radius 3 is 1.58 bits per heavy atom. The molecule has 8 aromatic carbocycles. The number of nitrogens with zero attached hydrogens (tertiary/aromatic N) is 2. The van der Waals surface area contributed by atoms with E-state index in [4.69, 9.17) is 4.98 Å². The maximum absolute atomic E-state index is 4.98. The molecule has 0 aliphatic heterocycles. The molecule has 0 saturated carbocycles. The number of hydrogen-bond donors (Lipinski definition) is 0. The normalized spacial score (nSPS) is 11.6. The minimum Gasteiger partial charge on any atom is -0.296 e. The van der Waals surface area contributed by atoms with E-state index in [1.165, 1.54) is 65.7 Å². The van der Waals surface area contributed by atoms with Crippen molar-refractivity contribution in [2.45, 2.75) is 19.8 Å². The highest BCUT2D eigenvalue weighted by atomic mass is 15.1. The van der Waals surface area contributed by atoms with Crippen molar-refractivity contribution in [3.8, 4) is 39.1 Å². The van der Waals surface area contributed by atoms with Crippen LogP contribution in [-0.2, 0) is 6.42 Å². The van der Waals surface area contributed by atoms with Crippen molar-refractivity contribution in [3.05, 3.63) is 170 Å². The standard InChI is InChI=1S/C46H34N2/c1-2-11-44-47-42-18-9-10-19-43(42)48(44)37-28-26-34(27-29-37)46-40-16-7-5-14-38(40)45(39-15-6-8-17-41(39)46)33-23-20-32(21-24-33)36-25-22-31-12-3-4-13-35(31)30-36/h3-10,12-30H,2,11H2,1H3. The molecule has 9 rings (SSSR count). The number of aromatic nitrogens is 2. The number of fused-ring (bicyclic) bond motifs is 4. The van der Waals surface area contributed by atoms with E-state index in [1.807, 2.05) is 0 Å². The molecule has 0 atom stereocenters. The summed E-state index contributed by atoms with van der Waals surface area (Å²) in [6, 6.07) is 59.7. The molecular weight excluding hydrogens is 581 g/mol. The zero-order chi connectivity index (χ0) is 32.0. The average Bonchev–Trinajstić information content (AvgIpc) is 3.52. The molecule has 0 fully saturated rings. The molecule has 228 valence electrons. The zero-order valence-electron chi connectivity index (χ0n) is 26.9. The van der Waals surface area contributed by atoms with Crippen molar-refractivity contribution in [2.24, 2.45) is 0 Å². The van der Waals surface area contributed by atoms with Crippen LogP contribution in [0.3, 0.4) is 0 Å². The van der Waals surface area contributed by atoms with Crippen molar-refractivity contribution in [1.29, 1.82) is 0 Å². The summed E-state index contributed by atoms with van der Waals surface area (Å²) in [5, 5.41) is 7.58. The molecule has 1 heterocycles. The van der Waals surface area contributed by atoms with Gasteiger partial charge in [0.1, 0.15) is 5.82 Å². The van der Waals surface area contributed by atoms with E-state index < -0.39 is 0 Å². The Kier molecular flexibility index (Phi) is 6.87. The van der Waals surface area contributed by atoms with E-state index in [0.717, 1.165) is 35.4 Å². The van der Waals surface area contributed by atoms with Gasteiger partial charge < -0.3 is 0 Å². The van der Waals surface area contributed by atoms with Crippen molar-refractivity contribution >= 4 is 43.4 Å². The molecule has 0 radical (unpaired) electrons. The highest BCUT2D eigenvalue weighted by Gasteiger charge is 2.17. The molecule has 0 aliphatic rings. The molecule has 1 aromatic heterocycles. The van der Waals surface area contributed by atoms with Crippen molar-refractivity contribution in [2.75, 3.05) is 0 Å². The van der Waals surface area contributed by atoms with Crippen molar-refractivity contribution < 1.29 is 0 Å². The first-order chi connectivity index (χ1) is 23.8. The average molecular weight is 615 g/mol. The second-order valence-electron chi connectivity index (χ2n) is 12.6. The van der Waals surface area contributed by atoms with Crippen LogP contribution in [0.1, 0.15) is 19.2 Å². The van der Waals surface area contributed by atoms with Crippen LogP contribution in [0.25, 0.3) is 82.4 Å². The van der Waals surface area contributed by atoms with E-state index in [2.05, 4.69) is 175 Å². The van der Waals surface area contributed by atoms with Crippen molar-refractivity contribution in [3.63, 3.8) is 0 Å². The quantitative estimate of drug-likeness (QED) is 0.170. The highest BCUT2D eigenvalue weighted by Crippen LogP contribution is 2.44. The molecule has 0 aliphatic carbocycles. The molecule has 9 aromatic rings. The van der Waals surface area contributed by atoms with Gasteiger partial charge in [0.05, 0.1) is 11.0 Å². The molecule has 0 unspecified atom stereocenters. The summed E-state index contributed by atoms with van der Waals surface area (Å²) in [6.07, 6.45) is 1.99. The Balaban J connectivity index is 1.17. The molecule has 0 saturated heterocycles. The van der Waals surface area contributed by atoms with Crippen LogP contribution < -0.4 is 0 Å². The molecule has 2 heteroatoms. The third-order valence-corrected chi connectivity index (χ3v) is 9.71. The summed E-state index contributed by atoms with van der Waals surface area (Å²) in [4.78, 5) is 4.98. The van der Waals surface area contributed by atoms with Crippen LogP contribution in [0.2, 0.25) is 0 Å². The van der Waals surface area contributed by atoms with Crippen LogP contribution in [0.4, 0.5) is 0 Å². The van der Waals surface area contributed by atoms with Gasteiger partial charge in [-0.3, -0.25) is 4.57 Å². The molecule has 48 heavy (non-hydrogen) atoms. The summed E-state index contributed by atoms with van der Waals surface area (Å²) in [5.41, 5.74) is 10.8. The number of para-hydroxylation sites is 2. The maximum atomic E-state index is 4.98. The van der Waals surface area contributed by atoms with Gasteiger partial charge in [0, 0.05) is 12.1 Å². The zero-order valence-corrected chi connectivity index (χ0v) is 26.9. The fourth-order valence-corrected chi connectivity index (χ4v) is 7.48. The van der Waals surface area contributed by atoms with Gasteiger partial charge in [-0.05, 0) is 102 Å². The number of aryl methyl sites for hydroxylation is 1. The fraction of sp³-hybridized carbons (Fsp3) is 0.0652. The summed E-state index contributed by atoms with van der Waals surface area (Å²) >= 11 is 0. The van der Waals surface area contributed by atoms with Crippen LogP contribution in [0, 0.1) is 0 Å². The minimum absolute atomic E-state index is 0.941. The Morgan fingerprint density at radius 1 is 0.458 bits per heavy atom. The van der Waals surface area contributed by atoms with Crippen LogP contribution in [0.5, 0.6) is 0 Å². The van der Waals surface area contributed by atoms with Crippen molar-refractivity contribution in [1.82, 2.24) is 9.55 Å². The second kappa shape index (κ2) is 11.7. The lowest BCUT2D eigenvalue weighted by Crippen LogP contribution is -2.01. The number of imidazole rings is 1. The molecule has 0 bridgehead atoms. The SMILES string of the molecule is CCCc1nc2ccccc2n1-c1ccc(-c2c3ccccc3c(-c3ccc(-c4ccc5ccccc5c4)cc3)c3ccccc23)cc1. The number of hydrogen-bond acceptors (Lipinski definition) is 1. The lowest BCUT2D eigenvalue weighted by atomic mass is 9.85. The summed E-state index contributed by atoms with van der Waals surface area (Å²) in [5.74, 6) is 1.11. The summed E-state index contributed by atoms with van der Waals surface area (Å²) in [6.45, 7) is 2.21. The predicted octanol–water partition coefficient (Wildman–Crippen LogP) is 12.4. The van der Waals surface area contributed by atoms with E-state index in [9.17, 15) is 0 Å². The summed E-state index contributed by atoms with van der Waals surface area (Å²) < 4.78 is 2.32. The van der Waals surface area contributed by atoms with Gasteiger partial charge in [0.2, 0.25) is 0 Å². The Hall–Kier alpha value is -5.99. The number of rotatable bonds is 6.